The van der Waals surface area contributed by atoms with Gasteiger partial charge in [0.25, 0.3) is 0 Å². The highest BCUT2D eigenvalue weighted by molar-refractivity contribution is 5.76. The van der Waals surface area contributed by atoms with Gasteiger partial charge in [0.1, 0.15) is 0 Å². The van der Waals surface area contributed by atoms with E-state index in [-0.39, 0.29) is 18.5 Å². The Morgan fingerprint density at radius 1 is 0.365 bits per heavy atom. The molecule has 2 atom stereocenters. The van der Waals surface area contributed by atoms with E-state index < -0.39 is 12.1 Å². The van der Waals surface area contributed by atoms with Crippen LogP contribution >= 0.6 is 0 Å². The molecule has 440 valence electrons. The van der Waals surface area contributed by atoms with Crippen LogP contribution in [0.2, 0.25) is 0 Å². The molecular formula is C68H133NO5. The summed E-state index contributed by atoms with van der Waals surface area (Å²) in [7, 11) is 0. The molecular weight excluding hydrogens is 911 g/mol. The van der Waals surface area contributed by atoms with E-state index in [4.69, 9.17) is 4.74 Å². The first kappa shape index (κ1) is 72.6. The van der Waals surface area contributed by atoms with E-state index >= 15 is 0 Å². The summed E-state index contributed by atoms with van der Waals surface area (Å²) < 4.78 is 5.49. The second kappa shape index (κ2) is 64.1. The number of rotatable bonds is 64. The number of carbonyl (C=O) groups excluding carboxylic acids is 2. The van der Waals surface area contributed by atoms with Crippen molar-refractivity contribution >= 4 is 11.9 Å². The Balaban J connectivity index is 3.41. The van der Waals surface area contributed by atoms with Crippen molar-refractivity contribution in [3.05, 3.63) is 12.2 Å². The topological polar surface area (TPSA) is 95.9 Å². The highest BCUT2D eigenvalue weighted by Crippen LogP contribution is 2.19. The summed E-state index contributed by atoms with van der Waals surface area (Å²) in [6.07, 6.45) is 78.1. The predicted molar refractivity (Wildman–Crippen MR) is 324 cm³/mol. The van der Waals surface area contributed by atoms with Crippen LogP contribution < -0.4 is 5.32 Å². The number of allylic oxidation sites excluding steroid dienone is 2. The van der Waals surface area contributed by atoms with Crippen LogP contribution in [0, 0.1) is 0 Å². The van der Waals surface area contributed by atoms with Gasteiger partial charge in [-0.1, -0.05) is 334 Å². The van der Waals surface area contributed by atoms with E-state index in [1.54, 1.807) is 0 Å². The van der Waals surface area contributed by atoms with Crippen molar-refractivity contribution in [2.75, 3.05) is 13.2 Å². The molecule has 6 nitrogen and oxygen atoms in total. The number of hydrogen-bond donors (Lipinski definition) is 3. The zero-order valence-electron chi connectivity index (χ0n) is 50.4. The summed E-state index contributed by atoms with van der Waals surface area (Å²) in [5.74, 6) is -0.0282. The maximum atomic E-state index is 12.5. The number of aliphatic hydroxyl groups excluding tert-OH is 2. The average Bonchev–Trinajstić information content (AvgIpc) is 3.40. The SMILES string of the molecule is CCCCCCCCCCCCCCCCCCCCCCCC(O)C(CO)NC(=O)CCCCCCCCC/C=C\CCCCCCCCCCCOC(=O)CCCCCCCCCCCCCCCCCC. The number of unbranched alkanes of at least 4 members (excludes halogenated alkanes) is 51. The van der Waals surface area contributed by atoms with Gasteiger partial charge in [-0.3, -0.25) is 9.59 Å². The van der Waals surface area contributed by atoms with Crippen LogP contribution in [-0.4, -0.2) is 47.4 Å². The predicted octanol–water partition coefficient (Wildman–Crippen LogP) is 21.6. The second-order valence-electron chi connectivity index (χ2n) is 23.5. The van der Waals surface area contributed by atoms with E-state index in [2.05, 4.69) is 31.3 Å². The minimum atomic E-state index is -0.670. The van der Waals surface area contributed by atoms with Gasteiger partial charge < -0.3 is 20.3 Å². The number of esters is 1. The molecule has 0 aliphatic rings. The monoisotopic (exact) mass is 1040 g/mol. The molecule has 74 heavy (non-hydrogen) atoms. The molecule has 0 aromatic carbocycles. The molecule has 0 aromatic heterocycles. The van der Waals surface area contributed by atoms with Gasteiger partial charge in [-0.2, -0.15) is 0 Å². The first-order valence-corrected chi connectivity index (χ1v) is 33.9. The van der Waals surface area contributed by atoms with Crippen molar-refractivity contribution in [2.45, 2.75) is 398 Å². The van der Waals surface area contributed by atoms with Crippen molar-refractivity contribution in [1.29, 1.82) is 0 Å². The standard InChI is InChI=1S/C68H133NO5/c1-3-5-7-9-11-13-15-17-19-21-22-23-26-29-32-36-40-44-48-52-56-60-66(71)65(64-70)69-67(72)61-57-53-49-45-41-37-33-30-27-24-25-28-31-35-39-43-47-51-55-59-63-74-68(73)62-58-54-50-46-42-38-34-20-18-16-14-12-10-8-6-4-2/h24,27,65-66,70-71H,3-23,25-26,28-64H2,1-2H3,(H,69,72)/b27-24-. The van der Waals surface area contributed by atoms with Crippen molar-refractivity contribution in [1.82, 2.24) is 5.32 Å². The third-order valence-electron chi connectivity index (χ3n) is 16.1. The number of ether oxygens (including phenoxy) is 1. The van der Waals surface area contributed by atoms with Gasteiger partial charge in [-0.15, -0.1) is 0 Å². The molecule has 0 fully saturated rings. The van der Waals surface area contributed by atoms with Crippen molar-refractivity contribution < 1.29 is 24.5 Å². The first-order chi connectivity index (χ1) is 36.5. The zero-order chi connectivity index (χ0) is 53.6. The average molecular weight is 1040 g/mol. The molecule has 2 unspecified atom stereocenters. The van der Waals surface area contributed by atoms with Crippen LogP contribution in [-0.2, 0) is 14.3 Å². The third-order valence-corrected chi connectivity index (χ3v) is 16.1. The van der Waals surface area contributed by atoms with Gasteiger partial charge in [0, 0.05) is 12.8 Å². The largest absolute Gasteiger partial charge is 0.466 e. The summed E-state index contributed by atoms with van der Waals surface area (Å²) in [6, 6.07) is -0.548. The van der Waals surface area contributed by atoms with Gasteiger partial charge in [0.05, 0.1) is 25.4 Å². The van der Waals surface area contributed by atoms with Crippen LogP contribution in [0.5, 0.6) is 0 Å². The first-order valence-electron chi connectivity index (χ1n) is 33.9. The van der Waals surface area contributed by atoms with E-state index in [0.717, 1.165) is 38.5 Å². The molecule has 0 heterocycles. The van der Waals surface area contributed by atoms with Gasteiger partial charge in [-0.25, -0.2) is 0 Å². The summed E-state index contributed by atoms with van der Waals surface area (Å²) in [6.45, 7) is 4.99. The fourth-order valence-corrected chi connectivity index (χ4v) is 10.9. The van der Waals surface area contributed by atoms with E-state index in [1.807, 2.05) is 0 Å². The molecule has 6 heteroatoms. The van der Waals surface area contributed by atoms with Crippen molar-refractivity contribution in [3.63, 3.8) is 0 Å². The summed E-state index contributed by atoms with van der Waals surface area (Å²) in [4.78, 5) is 24.6. The smallest absolute Gasteiger partial charge is 0.305 e. The molecule has 0 rings (SSSR count). The summed E-state index contributed by atoms with van der Waals surface area (Å²) in [5, 5.41) is 23.4. The van der Waals surface area contributed by atoms with E-state index in [9.17, 15) is 19.8 Å². The Morgan fingerprint density at radius 2 is 0.635 bits per heavy atom. The lowest BCUT2D eigenvalue weighted by atomic mass is 10.0. The number of carbonyl (C=O) groups is 2. The highest BCUT2D eigenvalue weighted by atomic mass is 16.5. The van der Waals surface area contributed by atoms with Crippen molar-refractivity contribution in [2.24, 2.45) is 0 Å². The quantitative estimate of drug-likeness (QED) is 0.0320. The van der Waals surface area contributed by atoms with Crippen LogP contribution in [0.1, 0.15) is 386 Å². The third kappa shape index (κ3) is 59.8. The summed E-state index contributed by atoms with van der Waals surface area (Å²) >= 11 is 0. The van der Waals surface area contributed by atoms with Gasteiger partial charge in [0.2, 0.25) is 5.91 Å². The minimum Gasteiger partial charge on any atom is -0.466 e. The Bertz CT molecular complexity index is 1110. The number of hydrogen-bond acceptors (Lipinski definition) is 5. The fourth-order valence-electron chi connectivity index (χ4n) is 10.9. The maximum Gasteiger partial charge on any atom is 0.305 e. The Kier molecular flexibility index (Phi) is 62.9. The molecule has 0 saturated heterocycles. The molecule has 0 aliphatic carbocycles. The Labute approximate surface area is 463 Å². The van der Waals surface area contributed by atoms with Crippen LogP contribution in [0.15, 0.2) is 12.2 Å². The highest BCUT2D eigenvalue weighted by Gasteiger charge is 2.20. The molecule has 0 spiro atoms. The van der Waals surface area contributed by atoms with E-state index in [1.165, 1.54) is 315 Å². The number of amides is 1. The van der Waals surface area contributed by atoms with Gasteiger partial charge >= 0.3 is 5.97 Å². The molecule has 0 aromatic rings. The molecule has 0 radical (unpaired) electrons. The molecule has 3 N–H and O–H groups in total. The second-order valence-corrected chi connectivity index (χ2v) is 23.5. The molecule has 1 amide bonds. The van der Waals surface area contributed by atoms with Crippen LogP contribution in [0.25, 0.3) is 0 Å². The fraction of sp³-hybridized carbons (Fsp3) is 0.941. The van der Waals surface area contributed by atoms with Crippen LogP contribution in [0.3, 0.4) is 0 Å². The zero-order valence-corrected chi connectivity index (χ0v) is 50.4. The molecule has 0 aliphatic heterocycles. The van der Waals surface area contributed by atoms with Gasteiger partial charge in [-0.05, 0) is 51.4 Å². The Morgan fingerprint density at radius 3 is 0.959 bits per heavy atom. The number of nitrogens with one attached hydrogen (secondary N) is 1. The minimum absolute atomic E-state index is 0.0109. The van der Waals surface area contributed by atoms with Gasteiger partial charge in [0.15, 0.2) is 0 Å². The normalized spacial score (nSPS) is 12.5. The molecule has 0 bridgehead atoms. The number of aliphatic hydroxyl groups is 2. The maximum absolute atomic E-state index is 12.5. The van der Waals surface area contributed by atoms with Crippen LogP contribution in [0.4, 0.5) is 0 Å². The lowest BCUT2D eigenvalue weighted by molar-refractivity contribution is -0.143. The molecule has 0 saturated carbocycles. The Hall–Kier alpha value is -1.40. The van der Waals surface area contributed by atoms with Crippen molar-refractivity contribution in [3.8, 4) is 0 Å². The lowest BCUT2D eigenvalue weighted by Crippen LogP contribution is -2.45. The van der Waals surface area contributed by atoms with E-state index in [0.29, 0.717) is 25.9 Å². The lowest BCUT2D eigenvalue weighted by Gasteiger charge is -2.22. The summed E-state index contributed by atoms with van der Waals surface area (Å²) in [5.41, 5.74) is 0.